The van der Waals surface area contributed by atoms with Crippen molar-refractivity contribution in [3.63, 3.8) is 0 Å². The first-order valence-corrected chi connectivity index (χ1v) is 8.82. The van der Waals surface area contributed by atoms with E-state index in [9.17, 15) is 0 Å². The Morgan fingerprint density at radius 3 is 2.76 bits per heavy atom. The van der Waals surface area contributed by atoms with Crippen LogP contribution in [0.2, 0.25) is 0 Å². The fourth-order valence-corrected chi connectivity index (χ4v) is 3.10. The minimum absolute atomic E-state index is 0.759. The van der Waals surface area contributed by atoms with Crippen LogP contribution in [0.5, 0.6) is 0 Å². The number of anilines is 1. The van der Waals surface area contributed by atoms with Crippen molar-refractivity contribution in [3.05, 3.63) is 28.2 Å². The molecule has 0 unspecified atom stereocenters. The average molecular weight is 353 g/mol. The SMILES string of the molecule is CN(CCOCC1CC1)c1ccc(CNC2CC2)cc1Br. The Bertz CT molecular complexity index is 472. The second-order valence-electron chi connectivity index (χ2n) is 6.38. The van der Waals surface area contributed by atoms with Crippen LogP contribution in [0.1, 0.15) is 31.2 Å². The first kappa shape index (κ1) is 15.3. The van der Waals surface area contributed by atoms with Gasteiger partial charge in [0, 0.05) is 37.3 Å². The van der Waals surface area contributed by atoms with Crippen molar-refractivity contribution in [3.8, 4) is 0 Å². The van der Waals surface area contributed by atoms with Gasteiger partial charge < -0.3 is 15.0 Å². The van der Waals surface area contributed by atoms with Crippen molar-refractivity contribution in [2.45, 2.75) is 38.3 Å². The Balaban J connectivity index is 1.45. The molecule has 0 aliphatic heterocycles. The van der Waals surface area contributed by atoms with Crippen molar-refractivity contribution in [1.29, 1.82) is 0 Å². The van der Waals surface area contributed by atoms with Crippen LogP contribution in [0, 0.1) is 5.92 Å². The Kier molecular flexibility index (Phi) is 5.19. The van der Waals surface area contributed by atoms with Crippen LogP contribution in [0.4, 0.5) is 5.69 Å². The number of ether oxygens (including phenoxy) is 1. The summed E-state index contributed by atoms with van der Waals surface area (Å²) >= 11 is 3.70. The molecule has 1 aromatic carbocycles. The topological polar surface area (TPSA) is 24.5 Å². The van der Waals surface area contributed by atoms with Crippen molar-refractivity contribution in [1.82, 2.24) is 5.32 Å². The molecule has 0 heterocycles. The standard InChI is InChI=1S/C17H25BrN2O/c1-20(8-9-21-12-13-2-3-13)17-7-4-14(10-16(17)18)11-19-15-5-6-15/h4,7,10,13,15,19H,2-3,5-6,8-9,11-12H2,1H3. The smallest absolute Gasteiger partial charge is 0.0641 e. The van der Waals surface area contributed by atoms with Crippen LogP contribution in [-0.4, -0.2) is 32.8 Å². The summed E-state index contributed by atoms with van der Waals surface area (Å²) in [6.45, 7) is 3.66. The molecule has 2 saturated carbocycles. The van der Waals surface area contributed by atoms with Crippen LogP contribution in [0.25, 0.3) is 0 Å². The lowest BCUT2D eigenvalue weighted by molar-refractivity contribution is 0.131. The van der Waals surface area contributed by atoms with Gasteiger partial charge in [0.25, 0.3) is 0 Å². The highest BCUT2D eigenvalue weighted by atomic mass is 79.9. The molecule has 0 aromatic heterocycles. The van der Waals surface area contributed by atoms with Gasteiger partial charge in [0.15, 0.2) is 0 Å². The molecule has 3 nitrogen and oxygen atoms in total. The summed E-state index contributed by atoms with van der Waals surface area (Å²) in [4.78, 5) is 2.26. The zero-order chi connectivity index (χ0) is 14.7. The minimum atomic E-state index is 0.759. The minimum Gasteiger partial charge on any atom is -0.379 e. The summed E-state index contributed by atoms with van der Waals surface area (Å²) in [5, 5.41) is 3.55. The fourth-order valence-electron chi connectivity index (χ4n) is 2.38. The Labute approximate surface area is 136 Å². The van der Waals surface area contributed by atoms with E-state index in [2.05, 4.69) is 51.4 Å². The van der Waals surface area contributed by atoms with E-state index in [-0.39, 0.29) is 0 Å². The highest BCUT2D eigenvalue weighted by Crippen LogP contribution is 2.29. The van der Waals surface area contributed by atoms with Gasteiger partial charge in [-0.15, -0.1) is 0 Å². The quantitative estimate of drug-likeness (QED) is 0.687. The van der Waals surface area contributed by atoms with Crippen LogP contribution in [0.15, 0.2) is 22.7 Å². The molecular formula is C17H25BrN2O. The van der Waals surface area contributed by atoms with Crippen molar-refractivity contribution < 1.29 is 4.74 Å². The molecule has 1 N–H and O–H groups in total. The maximum Gasteiger partial charge on any atom is 0.0641 e. The maximum atomic E-state index is 5.72. The third kappa shape index (κ3) is 4.97. The third-order valence-electron chi connectivity index (χ3n) is 4.22. The highest BCUT2D eigenvalue weighted by Gasteiger charge is 2.21. The number of hydrogen-bond acceptors (Lipinski definition) is 3. The van der Waals surface area contributed by atoms with Crippen LogP contribution in [0.3, 0.4) is 0 Å². The largest absolute Gasteiger partial charge is 0.379 e. The maximum absolute atomic E-state index is 5.72. The molecule has 3 rings (SSSR count). The van der Waals surface area contributed by atoms with Gasteiger partial charge in [0.2, 0.25) is 0 Å². The summed E-state index contributed by atoms with van der Waals surface area (Å²) < 4.78 is 6.89. The van der Waals surface area contributed by atoms with Gasteiger partial charge in [-0.1, -0.05) is 6.07 Å². The monoisotopic (exact) mass is 352 g/mol. The first-order chi connectivity index (χ1) is 10.2. The predicted molar refractivity (Wildman–Crippen MR) is 90.8 cm³/mol. The van der Waals surface area contributed by atoms with E-state index in [1.54, 1.807) is 0 Å². The zero-order valence-electron chi connectivity index (χ0n) is 12.8. The number of rotatable bonds is 9. The lowest BCUT2D eigenvalue weighted by atomic mass is 10.2. The van der Waals surface area contributed by atoms with E-state index < -0.39 is 0 Å². The van der Waals surface area contributed by atoms with Crippen LogP contribution < -0.4 is 10.2 Å². The molecule has 1 aromatic rings. The number of likely N-dealkylation sites (N-methyl/N-ethyl adjacent to an activating group) is 1. The molecule has 0 spiro atoms. The average Bonchev–Trinajstić information content (AvgIpc) is 3.36. The van der Waals surface area contributed by atoms with Crippen LogP contribution >= 0.6 is 15.9 Å². The van der Waals surface area contributed by atoms with Gasteiger partial charge in [-0.25, -0.2) is 0 Å². The molecule has 21 heavy (non-hydrogen) atoms. The summed E-state index contributed by atoms with van der Waals surface area (Å²) in [5.41, 5.74) is 2.58. The molecule has 4 heteroatoms. The molecule has 2 aliphatic rings. The summed E-state index contributed by atoms with van der Waals surface area (Å²) in [5.74, 6) is 0.847. The van der Waals surface area contributed by atoms with Gasteiger partial charge in [-0.05, 0) is 65.2 Å². The lowest BCUT2D eigenvalue weighted by Crippen LogP contribution is -2.23. The van der Waals surface area contributed by atoms with E-state index in [1.165, 1.54) is 41.4 Å². The van der Waals surface area contributed by atoms with Gasteiger partial charge in [-0.3, -0.25) is 0 Å². The van der Waals surface area contributed by atoms with Gasteiger partial charge in [-0.2, -0.15) is 0 Å². The van der Waals surface area contributed by atoms with Crippen molar-refractivity contribution in [2.75, 3.05) is 31.7 Å². The molecule has 0 amide bonds. The Morgan fingerprint density at radius 2 is 2.10 bits per heavy atom. The molecular weight excluding hydrogens is 328 g/mol. The van der Waals surface area contributed by atoms with E-state index >= 15 is 0 Å². The Morgan fingerprint density at radius 1 is 1.29 bits per heavy atom. The van der Waals surface area contributed by atoms with E-state index in [0.717, 1.165) is 38.3 Å². The molecule has 0 atom stereocenters. The lowest BCUT2D eigenvalue weighted by Gasteiger charge is -2.21. The molecule has 0 radical (unpaired) electrons. The van der Waals surface area contributed by atoms with Gasteiger partial charge in [0.05, 0.1) is 12.3 Å². The number of hydrogen-bond donors (Lipinski definition) is 1. The third-order valence-corrected chi connectivity index (χ3v) is 4.85. The molecule has 0 bridgehead atoms. The summed E-state index contributed by atoms with van der Waals surface area (Å²) in [6, 6.07) is 7.41. The van der Waals surface area contributed by atoms with Gasteiger partial charge >= 0.3 is 0 Å². The molecule has 0 saturated heterocycles. The van der Waals surface area contributed by atoms with Crippen molar-refractivity contribution >= 4 is 21.6 Å². The van der Waals surface area contributed by atoms with Crippen LogP contribution in [-0.2, 0) is 11.3 Å². The molecule has 116 valence electrons. The normalized spacial score (nSPS) is 18.0. The highest BCUT2D eigenvalue weighted by molar-refractivity contribution is 9.10. The van der Waals surface area contributed by atoms with E-state index in [0.29, 0.717) is 0 Å². The van der Waals surface area contributed by atoms with Crippen molar-refractivity contribution in [2.24, 2.45) is 5.92 Å². The predicted octanol–water partition coefficient (Wildman–Crippen LogP) is 3.56. The first-order valence-electron chi connectivity index (χ1n) is 8.03. The van der Waals surface area contributed by atoms with E-state index in [4.69, 9.17) is 4.74 Å². The van der Waals surface area contributed by atoms with Gasteiger partial charge in [0.1, 0.15) is 0 Å². The number of benzene rings is 1. The summed E-state index contributed by atoms with van der Waals surface area (Å²) in [7, 11) is 2.13. The number of nitrogens with one attached hydrogen (secondary N) is 1. The Hall–Kier alpha value is -0.580. The van der Waals surface area contributed by atoms with E-state index in [1.807, 2.05) is 0 Å². The number of halogens is 1. The molecule has 2 fully saturated rings. The zero-order valence-corrected chi connectivity index (χ0v) is 14.4. The second kappa shape index (κ2) is 7.12. The molecule has 2 aliphatic carbocycles. The fraction of sp³-hybridized carbons (Fsp3) is 0.647. The summed E-state index contributed by atoms with van der Waals surface area (Å²) in [6.07, 6.45) is 5.39. The number of nitrogens with zero attached hydrogens (tertiary/aromatic N) is 1. The second-order valence-corrected chi connectivity index (χ2v) is 7.24.